The fourth-order valence-corrected chi connectivity index (χ4v) is 0. The summed E-state index contributed by atoms with van der Waals surface area (Å²) in [6, 6.07) is 0. The van der Waals surface area contributed by atoms with Gasteiger partial charge in [-0.05, 0) is 0 Å². The van der Waals surface area contributed by atoms with Crippen molar-refractivity contribution in [3.8, 4) is 0 Å². The third-order valence-corrected chi connectivity index (χ3v) is 0. The minimum atomic E-state index is -0.333. The first-order valence-corrected chi connectivity index (χ1v) is 1.25. The summed E-state index contributed by atoms with van der Waals surface area (Å²) >= 11 is 0. The minimum absolute atomic E-state index is 0.333. The molecule has 0 heterocycles. The quantitative estimate of drug-likeness (QED) is 0.329. The van der Waals surface area contributed by atoms with Gasteiger partial charge in [0, 0.05) is 6.92 Å². The van der Waals surface area contributed by atoms with Crippen LogP contribution < -0.4 is 11.6 Å². The van der Waals surface area contributed by atoms with Gasteiger partial charge >= 0.3 is 0 Å². The van der Waals surface area contributed by atoms with Gasteiger partial charge in [-0.1, -0.05) is 0 Å². The standard InChI is InChI=1S/C2H5NO.H3NO/c1-2(3)4;1-2/h1H3,(H2,3,4);2H,1H2. The first-order valence-electron chi connectivity index (χ1n) is 1.25. The molecule has 0 spiro atoms. The van der Waals surface area contributed by atoms with E-state index in [4.69, 9.17) is 5.21 Å². The SMILES string of the molecule is CC(N)=O.NO. The van der Waals surface area contributed by atoms with Gasteiger partial charge in [0.15, 0.2) is 0 Å². The molecular weight excluding hydrogens is 84.0 g/mol. The Bertz CT molecular complexity index is 32.5. The van der Waals surface area contributed by atoms with Crippen molar-refractivity contribution in [1.82, 2.24) is 0 Å². The number of primary amides is 1. The molecule has 4 heteroatoms. The molecule has 0 rings (SSSR count). The molecule has 0 bridgehead atoms. The molecule has 0 aromatic heterocycles. The molecule has 38 valence electrons. The van der Waals surface area contributed by atoms with Crippen molar-refractivity contribution in [2.45, 2.75) is 6.92 Å². The number of amides is 1. The lowest BCUT2D eigenvalue weighted by Crippen LogP contribution is -2.01. The summed E-state index contributed by atoms with van der Waals surface area (Å²) in [6.07, 6.45) is 0. The molecule has 0 saturated heterocycles. The Hall–Kier alpha value is -0.610. The maximum absolute atomic E-state index is 9.22. The van der Waals surface area contributed by atoms with Gasteiger partial charge in [0.2, 0.25) is 5.91 Å². The van der Waals surface area contributed by atoms with Crippen LogP contribution in [0.25, 0.3) is 0 Å². The lowest BCUT2D eigenvalue weighted by Gasteiger charge is -1.60. The first-order chi connectivity index (χ1) is 2.73. The lowest BCUT2D eigenvalue weighted by molar-refractivity contribution is -0.115. The molecule has 5 N–H and O–H groups in total. The van der Waals surface area contributed by atoms with Crippen molar-refractivity contribution in [3.63, 3.8) is 0 Å². The Labute approximate surface area is 35.7 Å². The predicted octanol–water partition coefficient (Wildman–Crippen LogP) is -1.17. The van der Waals surface area contributed by atoms with Gasteiger partial charge in [-0.15, -0.1) is 0 Å². The number of carbonyl (C=O) groups is 1. The summed E-state index contributed by atoms with van der Waals surface area (Å²) in [6.45, 7) is 1.31. The van der Waals surface area contributed by atoms with Gasteiger partial charge in [0.05, 0.1) is 0 Å². The van der Waals surface area contributed by atoms with Crippen LogP contribution in [0.15, 0.2) is 0 Å². The highest BCUT2D eigenvalue weighted by Gasteiger charge is 1.61. The molecule has 0 aliphatic heterocycles. The zero-order chi connectivity index (χ0) is 5.58. The van der Waals surface area contributed by atoms with E-state index in [0.717, 1.165) is 0 Å². The lowest BCUT2D eigenvalue weighted by atomic mass is 10.8. The summed E-state index contributed by atoms with van der Waals surface area (Å²) in [5.74, 6) is 3.17. The summed E-state index contributed by atoms with van der Waals surface area (Å²) < 4.78 is 0. The Balaban J connectivity index is 0. The number of rotatable bonds is 0. The fourth-order valence-electron chi connectivity index (χ4n) is 0. The molecular formula is C2H8N2O2. The van der Waals surface area contributed by atoms with Crippen LogP contribution in [0.2, 0.25) is 0 Å². The van der Waals surface area contributed by atoms with E-state index in [2.05, 4.69) is 11.6 Å². The van der Waals surface area contributed by atoms with Crippen molar-refractivity contribution in [1.29, 1.82) is 0 Å². The Morgan fingerprint density at radius 3 is 1.67 bits per heavy atom. The molecule has 0 atom stereocenters. The number of nitrogens with two attached hydrogens (primary N) is 2. The molecule has 0 aliphatic carbocycles. The van der Waals surface area contributed by atoms with Crippen LogP contribution in [-0.4, -0.2) is 11.1 Å². The topological polar surface area (TPSA) is 89.3 Å². The first kappa shape index (κ1) is 9.04. The predicted molar refractivity (Wildman–Crippen MR) is 20.8 cm³/mol. The van der Waals surface area contributed by atoms with Crippen molar-refractivity contribution >= 4 is 5.91 Å². The highest BCUT2D eigenvalue weighted by atomic mass is 16.4. The van der Waals surface area contributed by atoms with E-state index < -0.39 is 0 Å². The van der Waals surface area contributed by atoms with E-state index in [0.29, 0.717) is 0 Å². The summed E-state index contributed by atoms with van der Waals surface area (Å²) in [5.41, 5.74) is 4.47. The van der Waals surface area contributed by atoms with E-state index in [9.17, 15) is 4.79 Å². The van der Waals surface area contributed by atoms with Crippen molar-refractivity contribution in [2.75, 3.05) is 0 Å². The van der Waals surface area contributed by atoms with Gasteiger partial charge < -0.3 is 10.9 Å². The van der Waals surface area contributed by atoms with E-state index in [-0.39, 0.29) is 5.91 Å². The van der Waals surface area contributed by atoms with Gasteiger partial charge in [0.25, 0.3) is 0 Å². The van der Waals surface area contributed by atoms with Crippen molar-refractivity contribution in [3.05, 3.63) is 0 Å². The zero-order valence-corrected chi connectivity index (χ0v) is 3.51. The second-order valence-electron chi connectivity index (χ2n) is 0.611. The van der Waals surface area contributed by atoms with Crippen LogP contribution in [0.5, 0.6) is 0 Å². The maximum Gasteiger partial charge on any atom is 0.214 e. The Morgan fingerprint density at radius 2 is 1.67 bits per heavy atom. The largest absolute Gasteiger partial charge is 0.370 e. The number of hydrogen-bond acceptors (Lipinski definition) is 3. The van der Waals surface area contributed by atoms with Crippen LogP contribution in [0.4, 0.5) is 0 Å². The normalized spacial score (nSPS) is 5.17. The van der Waals surface area contributed by atoms with E-state index in [1.807, 2.05) is 0 Å². The minimum Gasteiger partial charge on any atom is -0.370 e. The third-order valence-electron chi connectivity index (χ3n) is 0. The summed E-state index contributed by atoms with van der Waals surface area (Å²) in [7, 11) is 0. The maximum atomic E-state index is 9.22. The molecule has 1 amide bonds. The van der Waals surface area contributed by atoms with Crippen LogP contribution in [0.3, 0.4) is 0 Å². The molecule has 0 unspecified atom stereocenters. The van der Waals surface area contributed by atoms with Gasteiger partial charge in [-0.2, -0.15) is 0 Å². The molecule has 0 saturated carbocycles. The monoisotopic (exact) mass is 92.1 g/mol. The Kier molecular flexibility index (Phi) is 13.3. The van der Waals surface area contributed by atoms with E-state index in [1.165, 1.54) is 6.92 Å². The fraction of sp³-hybridized carbons (Fsp3) is 0.500. The third kappa shape index (κ3) is 52.0. The molecule has 0 fully saturated rings. The van der Waals surface area contributed by atoms with Gasteiger partial charge in [0.1, 0.15) is 0 Å². The van der Waals surface area contributed by atoms with Crippen LogP contribution in [-0.2, 0) is 4.79 Å². The number of carbonyl (C=O) groups excluding carboxylic acids is 1. The highest BCUT2D eigenvalue weighted by Crippen LogP contribution is 1.33. The Morgan fingerprint density at radius 1 is 1.67 bits per heavy atom. The second kappa shape index (κ2) is 8.83. The van der Waals surface area contributed by atoms with Crippen molar-refractivity contribution in [2.24, 2.45) is 11.6 Å². The smallest absolute Gasteiger partial charge is 0.214 e. The molecule has 0 aromatic rings. The second-order valence-corrected chi connectivity index (χ2v) is 0.611. The average Bonchev–Trinajstić information content (AvgIpc) is 1.41. The van der Waals surface area contributed by atoms with E-state index >= 15 is 0 Å². The molecule has 4 nitrogen and oxygen atoms in total. The molecule has 0 radical (unpaired) electrons. The molecule has 6 heavy (non-hydrogen) atoms. The zero-order valence-electron chi connectivity index (χ0n) is 3.51. The summed E-state index contributed by atoms with van der Waals surface area (Å²) in [4.78, 5) is 9.22. The van der Waals surface area contributed by atoms with Crippen molar-refractivity contribution < 1.29 is 10.0 Å². The van der Waals surface area contributed by atoms with Gasteiger partial charge in [-0.3, -0.25) is 4.79 Å². The molecule has 0 aromatic carbocycles. The average molecular weight is 92.1 g/mol. The summed E-state index contributed by atoms with van der Waals surface area (Å²) in [5, 5.41) is 6.50. The van der Waals surface area contributed by atoms with Crippen LogP contribution >= 0.6 is 0 Å². The van der Waals surface area contributed by atoms with Crippen LogP contribution in [0, 0.1) is 0 Å². The number of hydrogen-bond donors (Lipinski definition) is 3. The highest BCUT2D eigenvalue weighted by molar-refractivity contribution is 5.70. The van der Waals surface area contributed by atoms with Gasteiger partial charge in [-0.25, -0.2) is 5.90 Å². The van der Waals surface area contributed by atoms with E-state index in [1.54, 1.807) is 0 Å². The molecule has 0 aliphatic rings. The van der Waals surface area contributed by atoms with Crippen LogP contribution in [0.1, 0.15) is 6.92 Å².